The first-order valence-corrected chi connectivity index (χ1v) is 7.87. The van der Waals surface area contributed by atoms with E-state index in [0.717, 1.165) is 23.4 Å². The van der Waals surface area contributed by atoms with Crippen LogP contribution in [0, 0.1) is 11.3 Å². The fourth-order valence-electron chi connectivity index (χ4n) is 2.08. The minimum absolute atomic E-state index is 0.173. The number of halogens is 1. The maximum absolute atomic E-state index is 9.17. The highest BCUT2D eigenvalue weighted by molar-refractivity contribution is 7.99. The Balaban J connectivity index is 2.65. The molecule has 1 aromatic heterocycles. The lowest BCUT2D eigenvalue weighted by molar-refractivity contribution is 0.665. The van der Waals surface area contributed by atoms with E-state index in [-0.39, 0.29) is 5.38 Å². The first-order valence-electron chi connectivity index (χ1n) is 6.14. The van der Waals surface area contributed by atoms with E-state index in [1.54, 1.807) is 17.8 Å². The first kappa shape index (κ1) is 14.2. The number of imidazole rings is 1. The third-order valence-electron chi connectivity index (χ3n) is 3.13. The van der Waals surface area contributed by atoms with Gasteiger partial charge in [-0.25, -0.2) is 4.98 Å². The molecule has 3 nitrogen and oxygen atoms in total. The average Bonchev–Trinajstić information content (AvgIpc) is 2.77. The predicted octanol–water partition coefficient (Wildman–Crippen LogP) is 3.96. The number of hydrogen-bond acceptors (Lipinski definition) is 3. The van der Waals surface area contributed by atoms with Gasteiger partial charge in [-0.15, -0.1) is 11.6 Å². The fourth-order valence-corrected chi connectivity index (χ4v) is 2.55. The van der Waals surface area contributed by atoms with Crippen LogP contribution in [-0.2, 0) is 6.54 Å². The van der Waals surface area contributed by atoms with E-state index in [4.69, 9.17) is 16.9 Å². The van der Waals surface area contributed by atoms with Gasteiger partial charge in [0.1, 0.15) is 17.4 Å². The van der Waals surface area contributed by atoms with Crippen molar-refractivity contribution in [3.8, 4) is 6.07 Å². The Labute approximate surface area is 122 Å². The van der Waals surface area contributed by atoms with E-state index in [9.17, 15) is 0 Å². The van der Waals surface area contributed by atoms with Crippen LogP contribution < -0.4 is 0 Å². The second-order valence-corrected chi connectivity index (χ2v) is 6.46. The number of nitrogens with zero attached hydrogens (tertiary/aromatic N) is 3. The van der Waals surface area contributed by atoms with Crippen molar-refractivity contribution in [2.24, 2.45) is 0 Å². The molecule has 1 aromatic carbocycles. The molecule has 0 fully saturated rings. The third-order valence-corrected chi connectivity index (χ3v) is 4.28. The minimum atomic E-state index is -0.173. The maximum Gasteiger partial charge on any atom is 0.127 e. The van der Waals surface area contributed by atoms with Gasteiger partial charge < -0.3 is 4.57 Å². The second kappa shape index (κ2) is 5.85. The monoisotopic (exact) mass is 293 g/mol. The first-order chi connectivity index (χ1) is 9.08. The Morgan fingerprint density at radius 3 is 2.79 bits per heavy atom. The molecule has 19 heavy (non-hydrogen) atoms. The van der Waals surface area contributed by atoms with Crippen molar-refractivity contribution >= 4 is 34.4 Å². The third kappa shape index (κ3) is 2.72. The second-order valence-electron chi connectivity index (χ2n) is 4.53. The zero-order valence-electron chi connectivity index (χ0n) is 11.2. The Morgan fingerprint density at radius 2 is 2.21 bits per heavy atom. The molecule has 0 saturated carbocycles. The van der Waals surface area contributed by atoms with Gasteiger partial charge in [0.15, 0.2) is 0 Å². The molecule has 0 N–H and O–H groups in total. The molecule has 0 amide bonds. The number of nitriles is 1. The number of fused-ring (bicyclic) bond motifs is 1. The van der Waals surface area contributed by atoms with Crippen molar-refractivity contribution in [2.45, 2.75) is 31.0 Å². The Morgan fingerprint density at radius 1 is 1.47 bits per heavy atom. The molecule has 100 valence electrons. The van der Waals surface area contributed by atoms with Crippen LogP contribution in [0.25, 0.3) is 11.0 Å². The predicted molar refractivity (Wildman–Crippen MR) is 81.7 cm³/mol. The van der Waals surface area contributed by atoms with Crippen LogP contribution in [0.3, 0.4) is 0 Å². The molecule has 0 aliphatic heterocycles. The van der Waals surface area contributed by atoms with Crippen LogP contribution in [0.2, 0.25) is 0 Å². The van der Waals surface area contributed by atoms with Gasteiger partial charge in [0.25, 0.3) is 0 Å². The number of alkyl halides is 1. The lowest BCUT2D eigenvalue weighted by atomic mass is 10.2. The molecule has 2 unspecified atom stereocenters. The molecular formula is C14H16ClN3S. The topological polar surface area (TPSA) is 41.6 Å². The molecular weight excluding hydrogens is 278 g/mol. The Bertz CT molecular complexity index is 627. The summed E-state index contributed by atoms with van der Waals surface area (Å²) in [4.78, 5) is 4.57. The van der Waals surface area contributed by atoms with Gasteiger partial charge in [0.2, 0.25) is 0 Å². The van der Waals surface area contributed by atoms with Crippen LogP contribution in [-0.4, -0.2) is 21.1 Å². The molecule has 1 heterocycles. The molecule has 0 saturated heterocycles. The molecule has 0 bridgehead atoms. The smallest absolute Gasteiger partial charge is 0.127 e. The maximum atomic E-state index is 9.17. The van der Waals surface area contributed by atoms with Crippen LogP contribution in [0.15, 0.2) is 18.2 Å². The number of hydrogen-bond donors (Lipinski definition) is 0. The van der Waals surface area contributed by atoms with E-state index in [2.05, 4.69) is 28.8 Å². The van der Waals surface area contributed by atoms with E-state index < -0.39 is 0 Å². The van der Waals surface area contributed by atoms with Crippen molar-refractivity contribution in [2.75, 3.05) is 6.26 Å². The summed E-state index contributed by atoms with van der Waals surface area (Å²) < 4.78 is 2.13. The van der Waals surface area contributed by atoms with E-state index in [1.165, 1.54) is 0 Å². The van der Waals surface area contributed by atoms with Crippen LogP contribution in [0.4, 0.5) is 0 Å². The van der Waals surface area contributed by atoms with Crippen LogP contribution >= 0.6 is 23.4 Å². The summed E-state index contributed by atoms with van der Waals surface area (Å²) in [6.07, 6.45) is 2.09. The fraction of sp³-hybridized carbons (Fsp3) is 0.429. The minimum Gasteiger partial charge on any atom is -0.326 e. The van der Waals surface area contributed by atoms with Crippen molar-refractivity contribution < 1.29 is 0 Å². The molecule has 0 aliphatic carbocycles. The SMILES string of the molecule is CSC(C)Cn1c(C(C)Cl)nc2c(C#N)cccc21. The molecule has 2 aromatic rings. The van der Waals surface area contributed by atoms with E-state index in [0.29, 0.717) is 10.8 Å². The average molecular weight is 294 g/mol. The Kier molecular flexibility index (Phi) is 4.38. The standard InChI is InChI=1S/C14H16ClN3S/c1-9(19-3)8-18-12-6-4-5-11(7-16)13(12)17-14(18)10(2)15/h4-6,9-10H,8H2,1-3H3. The van der Waals surface area contributed by atoms with Gasteiger partial charge in [-0.3, -0.25) is 0 Å². The molecule has 2 atom stereocenters. The number of aromatic nitrogens is 2. The molecule has 0 spiro atoms. The van der Waals surface area contributed by atoms with Gasteiger partial charge in [0.05, 0.1) is 16.5 Å². The molecule has 2 rings (SSSR count). The van der Waals surface area contributed by atoms with Crippen molar-refractivity contribution in [1.29, 1.82) is 5.26 Å². The normalized spacial score (nSPS) is 14.3. The number of benzene rings is 1. The quantitative estimate of drug-likeness (QED) is 0.801. The van der Waals surface area contributed by atoms with Gasteiger partial charge in [0, 0.05) is 11.8 Å². The number of thioether (sulfide) groups is 1. The Hall–Kier alpha value is -1.18. The van der Waals surface area contributed by atoms with Crippen molar-refractivity contribution in [1.82, 2.24) is 9.55 Å². The van der Waals surface area contributed by atoms with E-state index >= 15 is 0 Å². The van der Waals surface area contributed by atoms with Crippen molar-refractivity contribution in [3.63, 3.8) is 0 Å². The summed E-state index contributed by atoms with van der Waals surface area (Å²) in [6, 6.07) is 7.88. The highest BCUT2D eigenvalue weighted by Gasteiger charge is 2.18. The largest absolute Gasteiger partial charge is 0.326 e. The number of rotatable bonds is 4. The highest BCUT2D eigenvalue weighted by atomic mass is 35.5. The van der Waals surface area contributed by atoms with Gasteiger partial charge in [-0.05, 0) is 25.3 Å². The summed E-state index contributed by atoms with van der Waals surface area (Å²) in [5.74, 6) is 0.834. The number of para-hydroxylation sites is 1. The lowest BCUT2D eigenvalue weighted by Crippen LogP contribution is -2.12. The summed E-state index contributed by atoms with van der Waals surface area (Å²) in [5.41, 5.74) is 2.34. The zero-order chi connectivity index (χ0) is 14.0. The lowest BCUT2D eigenvalue weighted by Gasteiger charge is -2.14. The van der Waals surface area contributed by atoms with Crippen LogP contribution in [0.1, 0.15) is 30.6 Å². The van der Waals surface area contributed by atoms with Gasteiger partial charge in [-0.2, -0.15) is 17.0 Å². The summed E-state index contributed by atoms with van der Waals surface area (Å²) in [5, 5.41) is 9.46. The summed E-state index contributed by atoms with van der Waals surface area (Å²) >= 11 is 8.03. The summed E-state index contributed by atoms with van der Waals surface area (Å²) in [6.45, 7) is 4.93. The van der Waals surface area contributed by atoms with Crippen molar-refractivity contribution in [3.05, 3.63) is 29.6 Å². The molecule has 0 radical (unpaired) electrons. The molecule has 0 aliphatic rings. The molecule has 5 heteroatoms. The van der Waals surface area contributed by atoms with Gasteiger partial charge >= 0.3 is 0 Å². The van der Waals surface area contributed by atoms with E-state index in [1.807, 2.05) is 19.1 Å². The zero-order valence-corrected chi connectivity index (χ0v) is 12.8. The van der Waals surface area contributed by atoms with Gasteiger partial charge in [-0.1, -0.05) is 13.0 Å². The van der Waals surface area contributed by atoms with Crippen LogP contribution in [0.5, 0.6) is 0 Å². The summed E-state index contributed by atoms with van der Waals surface area (Å²) in [7, 11) is 0. The highest BCUT2D eigenvalue weighted by Crippen LogP contribution is 2.27.